The van der Waals surface area contributed by atoms with Gasteiger partial charge in [0, 0.05) is 30.1 Å². The summed E-state index contributed by atoms with van der Waals surface area (Å²) in [6.45, 7) is 2.16. The number of carbonyl (C=O) groups excluding carboxylic acids is 1. The Labute approximate surface area is 110 Å². The highest BCUT2D eigenvalue weighted by Crippen LogP contribution is 2.22. The number of amides is 1. The highest BCUT2D eigenvalue weighted by molar-refractivity contribution is 5.71. The van der Waals surface area contributed by atoms with E-state index in [1.54, 1.807) is 16.9 Å². The normalized spacial score (nSPS) is 10.3. The Balaban J connectivity index is 2.07. The molecule has 1 amide bonds. The van der Waals surface area contributed by atoms with Crippen molar-refractivity contribution in [2.75, 3.05) is 5.32 Å². The van der Waals surface area contributed by atoms with Gasteiger partial charge in [0.15, 0.2) is 11.6 Å². The van der Waals surface area contributed by atoms with E-state index in [0.717, 1.165) is 11.3 Å². The summed E-state index contributed by atoms with van der Waals surface area (Å²) < 4.78 is 20.8. The molecule has 6 heteroatoms. The maximum absolute atomic E-state index is 13.7. The molecule has 1 N–H and O–H groups in total. The smallest absolute Gasteiger partial charge is 0.211 e. The van der Waals surface area contributed by atoms with Crippen LogP contribution < -0.4 is 10.1 Å². The maximum atomic E-state index is 13.7. The molecule has 2 aromatic rings. The number of halogens is 1. The van der Waals surface area contributed by atoms with E-state index in [0.29, 0.717) is 12.1 Å². The average molecular weight is 263 g/mol. The number of anilines is 1. The van der Waals surface area contributed by atoms with Gasteiger partial charge in [0.25, 0.3) is 0 Å². The second-order valence-corrected chi connectivity index (χ2v) is 4.07. The molecule has 0 unspecified atom stereocenters. The molecule has 0 saturated heterocycles. The van der Waals surface area contributed by atoms with E-state index in [-0.39, 0.29) is 12.4 Å². The van der Waals surface area contributed by atoms with Crippen LogP contribution in [-0.4, -0.2) is 16.2 Å². The van der Waals surface area contributed by atoms with Gasteiger partial charge in [0.2, 0.25) is 6.41 Å². The van der Waals surface area contributed by atoms with Crippen LogP contribution in [0.5, 0.6) is 5.75 Å². The molecule has 0 radical (unpaired) electrons. The Kier molecular flexibility index (Phi) is 3.79. The van der Waals surface area contributed by atoms with Crippen LogP contribution in [0.2, 0.25) is 0 Å². The average Bonchev–Trinajstić information content (AvgIpc) is 2.70. The van der Waals surface area contributed by atoms with Crippen LogP contribution in [0.4, 0.5) is 10.1 Å². The first-order valence-corrected chi connectivity index (χ1v) is 5.72. The van der Waals surface area contributed by atoms with Gasteiger partial charge >= 0.3 is 0 Å². The Morgan fingerprint density at radius 1 is 1.53 bits per heavy atom. The van der Waals surface area contributed by atoms with E-state index in [1.807, 2.05) is 14.0 Å². The van der Waals surface area contributed by atoms with Gasteiger partial charge < -0.3 is 10.1 Å². The predicted octanol–water partition coefficient (Wildman–Crippen LogP) is 2.01. The van der Waals surface area contributed by atoms with Crippen LogP contribution in [-0.2, 0) is 18.4 Å². The summed E-state index contributed by atoms with van der Waals surface area (Å²) in [6.07, 6.45) is 2.18. The van der Waals surface area contributed by atoms with Crippen LogP contribution in [0.1, 0.15) is 11.3 Å². The quantitative estimate of drug-likeness (QED) is 0.840. The molecule has 1 heterocycles. The zero-order valence-electron chi connectivity index (χ0n) is 10.7. The highest BCUT2D eigenvalue weighted by Gasteiger charge is 2.08. The summed E-state index contributed by atoms with van der Waals surface area (Å²) in [5.74, 6) is -0.381. The summed E-state index contributed by atoms with van der Waals surface area (Å²) in [5.41, 5.74) is 2.26. The van der Waals surface area contributed by atoms with E-state index in [4.69, 9.17) is 4.74 Å². The van der Waals surface area contributed by atoms with Crippen LogP contribution >= 0.6 is 0 Å². The maximum Gasteiger partial charge on any atom is 0.211 e. The predicted molar refractivity (Wildman–Crippen MR) is 68.4 cm³/mol. The number of rotatable bonds is 5. The molecule has 0 aliphatic carbocycles. The van der Waals surface area contributed by atoms with Gasteiger partial charge in [0.05, 0.1) is 6.20 Å². The minimum atomic E-state index is -0.520. The molecule has 1 aromatic carbocycles. The molecule has 100 valence electrons. The molecule has 5 nitrogen and oxygen atoms in total. The molecule has 0 bridgehead atoms. The first-order valence-electron chi connectivity index (χ1n) is 5.72. The van der Waals surface area contributed by atoms with Gasteiger partial charge in [-0.05, 0) is 19.1 Å². The fourth-order valence-corrected chi connectivity index (χ4v) is 1.62. The molecule has 0 fully saturated rings. The van der Waals surface area contributed by atoms with Crippen LogP contribution in [0, 0.1) is 12.7 Å². The summed E-state index contributed by atoms with van der Waals surface area (Å²) >= 11 is 0. The lowest BCUT2D eigenvalue weighted by atomic mass is 10.2. The molecular formula is C13H14FN3O2. The lowest BCUT2D eigenvalue weighted by Crippen LogP contribution is -2.01. The Hall–Kier alpha value is -2.37. The highest BCUT2D eigenvalue weighted by atomic mass is 19.1. The third-order valence-corrected chi connectivity index (χ3v) is 2.88. The second kappa shape index (κ2) is 5.51. The summed E-state index contributed by atoms with van der Waals surface area (Å²) in [5, 5.41) is 6.46. The standard InChI is InChI=1S/C13H14FN3O2/c1-9-10(6-16-17(9)2)7-19-13-4-3-11(15-8-18)5-12(13)14/h3-6,8H,7H2,1-2H3,(H,15,18). The molecular weight excluding hydrogens is 249 g/mol. The van der Waals surface area contributed by atoms with Gasteiger partial charge in [-0.3, -0.25) is 9.48 Å². The van der Waals surface area contributed by atoms with Gasteiger partial charge in [-0.15, -0.1) is 0 Å². The van der Waals surface area contributed by atoms with Crippen LogP contribution in [0.25, 0.3) is 0 Å². The fourth-order valence-electron chi connectivity index (χ4n) is 1.62. The van der Waals surface area contributed by atoms with Crippen molar-refractivity contribution in [3.8, 4) is 5.75 Å². The summed E-state index contributed by atoms with van der Waals surface area (Å²) in [7, 11) is 1.83. The number of nitrogens with one attached hydrogen (secondary N) is 1. The minimum Gasteiger partial charge on any atom is -0.486 e. The van der Waals surface area contributed by atoms with Crippen molar-refractivity contribution in [1.82, 2.24) is 9.78 Å². The van der Waals surface area contributed by atoms with E-state index >= 15 is 0 Å². The van der Waals surface area contributed by atoms with Crippen molar-refractivity contribution in [2.45, 2.75) is 13.5 Å². The van der Waals surface area contributed by atoms with Crippen molar-refractivity contribution < 1.29 is 13.9 Å². The number of benzene rings is 1. The first kappa shape index (κ1) is 13.1. The Morgan fingerprint density at radius 3 is 2.89 bits per heavy atom. The Morgan fingerprint density at radius 2 is 2.32 bits per heavy atom. The number of hydrogen-bond donors (Lipinski definition) is 1. The number of aromatic nitrogens is 2. The van der Waals surface area contributed by atoms with E-state index in [9.17, 15) is 9.18 Å². The van der Waals surface area contributed by atoms with Gasteiger partial charge in [0.1, 0.15) is 6.61 Å². The molecule has 0 atom stereocenters. The summed E-state index contributed by atoms with van der Waals surface area (Å²) in [4.78, 5) is 10.2. The SMILES string of the molecule is Cc1c(COc2ccc(NC=O)cc2F)cnn1C. The fraction of sp³-hybridized carbons (Fsp3) is 0.231. The van der Waals surface area contributed by atoms with E-state index in [2.05, 4.69) is 10.4 Å². The van der Waals surface area contributed by atoms with Crippen molar-refractivity contribution in [3.05, 3.63) is 41.5 Å². The minimum absolute atomic E-state index is 0.139. The van der Waals surface area contributed by atoms with Gasteiger partial charge in [-0.25, -0.2) is 4.39 Å². The van der Waals surface area contributed by atoms with Gasteiger partial charge in [-0.1, -0.05) is 0 Å². The lowest BCUT2D eigenvalue weighted by molar-refractivity contribution is -0.105. The largest absolute Gasteiger partial charge is 0.486 e. The van der Waals surface area contributed by atoms with Crippen molar-refractivity contribution in [2.24, 2.45) is 7.05 Å². The monoisotopic (exact) mass is 263 g/mol. The molecule has 0 spiro atoms. The van der Waals surface area contributed by atoms with Gasteiger partial charge in [-0.2, -0.15) is 5.10 Å². The number of ether oxygens (including phenoxy) is 1. The lowest BCUT2D eigenvalue weighted by Gasteiger charge is -2.08. The van der Waals surface area contributed by atoms with Crippen molar-refractivity contribution in [3.63, 3.8) is 0 Å². The molecule has 19 heavy (non-hydrogen) atoms. The van der Waals surface area contributed by atoms with Crippen LogP contribution in [0.3, 0.4) is 0 Å². The number of carbonyl (C=O) groups is 1. The zero-order chi connectivity index (χ0) is 13.8. The Bertz CT molecular complexity index is 596. The first-order chi connectivity index (χ1) is 9.11. The molecule has 0 aliphatic rings. The van der Waals surface area contributed by atoms with Crippen LogP contribution in [0.15, 0.2) is 24.4 Å². The molecule has 0 aliphatic heterocycles. The third-order valence-electron chi connectivity index (χ3n) is 2.88. The number of nitrogens with zero attached hydrogens (tertiary/aromatic N) is 2. The van der Waals surface area contributed by atoms with E-state index in [1.165, 1.54) is 12.1 Å². The van der Waals surface area contributed by atoms with E-state index < -0.39 is 5.82 Å². The van der Waals surface area contributed by atoms with Crippen molar-refractivity contribution in [1.29, 1.82) is 0 Å². The number of hydrogen-bond acceptors (Lipinski definition) is 3. The third kappa shape index (κ3) is 2.90. The van der Waals surface area contributed by atoms with Crippen molar-refractivity contribution >= 4 is 12.1 Å². The zero-order valence-corrected chi connectivity index (χ0v) is 10.7. The second-order valence-electron chi connectivity index (χ2n) is 4.07. The number of aryl methyl sites for hydroxylation is 1. The molecule has 1 aromatic heterocycles. The molecule has 2 rings (SSSR count). The summed E-state index contributed by atoms with van der Waals surface area (Å²) in [6, 6.07) is 4.26. The molecule has 0 saturated carbocycles. The topological polar surface area (TPSA) is 56.1 Å².